The molecule has 0 radical (unpaired) electrons. The first-order valence-electron chi connectivity index (χ1n) is 3.00. The molecule has 6 heteroatoms. The molecular formula is C6H2Cl2N2OS. The van der Waals surface area contributed by atoms with Crippen LogP contribution < -0.4 is 0 Å². The van der Waals surface area contributed by atoms with Crippen molar-refractivity contribution in [1.29, 1.82) is 0 Å². The molecule has 62 valence electrons. The largest absolute Gasteiger partial charge is 0.442 e. The van der Waals surface area contributed by atoms with E-state index in [0.717, 1.165) is 0 Å². The van der Waals surface area contributed by atoms with E-state index in [2.05, 4.69) is 9.36 Å². The number of hydrogen-bond acceptors (Lipinski definition) is 4. The molecule has 0 aliphatic heterocycles. The smallest absolute Gasteiger partial charge is 0.234 e. The van der Waals surface area contributed by atoms with Crippen molar-refractivity contribution in [2.45, 2.75) is 0 Å². The lowest BCUT2D eigenvalue weighted by Crippen LogP contribution is -1.68. The van der Waals surface area contributed by atoms with Gasteiger partial charge >= 0.3 is 0 Å². The Kier molecular flexibility index (Phi) is 2.04. The highest BCUT2D eigenvalue weighted by atomic mass is 35.5. The Hall–Kier alpha value is -0.580. The number of halogens is 2. The molecule has 2 aromatic heterocycles. The second-order valence-corrected chi connectivity index (χ2v) is 3.43. The van der Waals surface area contributed by atoms with Gasteiger partial charge in [0.15, 0.2) is 16.0 Å². The molecule has 0 unspecified atom stereocenters. The molecule has 2 heterocycles. The Morgan fingerprint density at radius 2 is 2.17 bits per heavy atom. The zero-order valence-corrected chi connectivity index (χ0v) is 7.95. The van der Waals surface area contributed by atoms with Crippen molar-refractivity contribution in [3.63, 3.8) is 0 Å². The summed E-state index contributed by atoms with van der Waals surface area (Å²) in [7, 11) is 0. The maximum atomic E-state index is 5.57. The summed E-state index contributed by atoms with van der Waals surface area (Å²) in [5, 5.41) is 1.19. The van der Waals surface area contributed by atoms with Crippen LogP contribution in [-0.2, 0) is 0 Å². The summed E-state index contributed by atoms with van der Waals surface area (Å²) in [6.07, 6.45) is 0. The fourth-order valence-corrected chi connectivity index (χ4v) is 1.65. The lowest BCUT2D eigenvalue weighted by molar-refractivity contribution is 0.584. The zero-order valence-electron chi connectivity index (χ0n) is 5.62. The third-order valence-electron chi connectivity index (χ3n) is 1.19. The highest BCUT2D eigenvalue weighted by Crippen LogP contribution is 2.26. The lowest BCUT2D eigenvalue weighted by Gasteiger charge is -1.83. The molecule has 0 amide bonds. The summed E-state index contributed by atoms with van der Waals surface area (Å²) in [5.41, 5.74) is 0. The molecule has 0 aliphatic carbocycles. The van der Waals surface area contributed by atoms with E-state index in [-0.39, 0.29) is 5.28 Å². The first-order valence-corrected chi connectivity index (χ1v) is 4.53. The predicted molar refractivity (Wildman–Crippen MR) is 47.6 cm³/mol. The molecule has 0 fully saturated rings. The van der Waals surface area contributed by atoms with Gasteiger partial charge in [-0.05, 0) is 46.9 Å². The van der Waals surface area contributed by atoms with Crippen LogP contribution in [0, 0.1) is 0 Å². The van der Waals surface area contributed by atoms with Gasteiger partial charge in [-0.3, -0.25) is 0 Å². The zero-order chi connectivity index (χ0) is 8.55. The van der Waals surface area contributed by atoms with E-state index in [9.17, 15) is 0 Å². The number of furan rings is 1. The van der Waals surface area contributed by atoms with E-state index < -0.39 is 0 Å². The number of nitrogens with zero attached hydrogens (tertiary/aromatic N) is 2. The second kappa shape index (κ2) is 3.05. The molecule has 3 nitrogen and oxygen atoms in total. The van der Waals surface area contributed by atoms with Gasteiger partial charge in [0.25, 0.3) is 0 Å². The molecule has 2 aromatic rings. The molecule has 0 aliphatic rings. The average molecular weight is 221 g/mol. The van der Waals surface area contributed by atoms with Gasteiger partial charge in [-0.2, -0.15) is 4.37 Å². The molecule has 0 saturated carbocycles. The van der Waals surface area contributed by atoms with Crippen molar-refractivity contribution in [2.24, 2.45) is 0 Å². The number of hydrogen-bond donors (Lipinski definition) is 0. The SMILES string of the molecule is Clc1nsc(-c2ccc(Cl)o2)n1. The fourth-order valence-electron chi connectivity index (χ4n) is 0.735. The van der Waals surface area contributed by atoms with Gasteiger partial charge in [-0.1, -0.05) is 0 Å². The van der Waals surface area contributed by atoms with Crippen LogP contribution in [0.2, 0.25) is 10.5 Å². The van der Waals surface area contributed by atoms with Crippen LogP contribution in [0.5, 0.6) is 0 Å². The van der Waals surface area contributed by atoms with Crippen molar-refractivity contribution in [1.82, 2.24) is 9.36 Å². The van der Waals surface area contributed by atoms with E-state index in [1.54, 1.807) is 12.1 Å². The van der Waals surface area contributed by atoms with Gasteiger partial charge in [0.2, 0.25) is 5.28 Å². The molecule has 0 saturated heterocycles. The van der Waals surface area contributed by atoms with Crippen LogP contribution in [-0.4, -0.2) is 9.36 Å². The van der Waals surface area contributed by atoms with Crippen molar-refractivity contribution >= 4 is 34.7 Å². The first kappa shape index (κ1) is 8.04. The highest BCUT2D eigenvalue weighted by molar-refractivity contribution is 7.09. The monoisotopic (exact) mass is 220 g/mol. The van der Waals surface area contributed by atoms with Crippen molar-refractivity contribution in [3.05, 3.63) is 22.6 Å². The maximum absolute atomic E-state index is 5.57. The van der Waals surface area contributed by atoms with Crippen LogP contribution in [0.4, 0.5) is 0 Å². The Bertz CT molecular complexity index is 359. The topological polar surface area (TPSA) is 38.9 Å². The Labute approximate surface area is 82.1 Å². The van der Waals surface area contributed by atoms with Crippen LogP contribution >= 0.6 is 34.7 Å². The Morgan fingerprint density at radius 3 is 2.67 bits per heavy atom. The summed E-state index contributed by atoms with van der Waals surface area (Å²) < 4.78 is 8.89. The van der Waals surface area contributed by atoms with Crippen LogP contribution in [0.3, 0.4) is 0 Å². The standard InChI is InChI=1S/C6H2Cl2N2OS/c7-4-2-1-3(11-4)5-9-6(8)10-12-5/h1-2H. The van der Waals surface area contributed by atoms with Crippen molar-refractivity contribution < 1.29 is 4.42 Å². The van der Waals surface area contributed by atoms with Crippen LogP contribution in [0.15, 0.2) is 16.5 Å². The van der Waals surface area contributed by atoms with Gasteiger partial charge < -0.3 is 4.42 Å². The first-order chi connectivity index (χ1) is 5.75. The van der Waals surface area contributed by atoms with E-state index in [4.69, 9.17) is 27.6 Å². The van der Waals surface area contributed by atoms with Gasteiger partial charge in [-0.15, -0.1) is 0 Å². The summed E-state index contributed by atoms with van der Waals surface area (Å²) >= 11 is 12.3. The van der Waals surface area contributed by atoms with Gasteiger partial charge in [0, 0.05) is 0 Å². The van der Waals surface area contributed by atoms with Gasteiger partial charge in [0.05, 0.1) is 0 Å². The number of rotatable bonds is 1. The third kappa shape index (κ3) is 1.46. The lowest BCUT2D eigenvalue weighted by atomic mass is 10.5. The predicted octanol–water partition coefficient (Wildman–Crippen LogP) is 3.10. The minimum Gasteiger partial charge on any atom is -0.442 e. The summed E-state index contributed by atoms with van der Waals surface area (Å²) in [6, 6.07) is 3.37. The van der Waals surface area contributed by atoms with E-state index >= 15 is 0 Å². The fraction of sp³-hybridized carbons (Fsp3) is 0. The molecular weight excluding hydrogens is 219 g/mol. The van der Waals surface area contributed by atoms with Gasteiger partial charge in [-0.25, -0.2) is 4.98 Å². The third-order valence-corrected chi connectivity index (χ3v) is 2.39. The Morgan fingerprint density at radius 1 is 1.33 bits per heavy atom. The molecule has 0 spiro atoms. The minimum atomic E-state index is 0.225. The van der Waals surface area contributed by atoms with Crippen LogP contribution in [0.1, 0.15) is 0 Å². The summed E-state index contributed by atoms with van der Waals surface area (Å²) in [5.74, 6) is 0.587. The van der Waals surface area contributed by atoms with Crippen molar-refractivity contribution in [2.75, 3.05) is 0 Å². The summed E-state index contributed by atoms with van der Waals surface area (Å²) in [4.78, 5) is 3.91. The maximum Gasteiger partial charge on any atom is 0.234 e. The summed E-state index contributed by atoms with van der Waals surface area (Å²) in [6.45, 7) is 0. The second-order valence-electron chi connectivity index (χ2n) is 1.97. The molecule has 2 rings (SSSR count). The molecule has 0 aromatic carbocycles. The van der Waals surface area contributed by atoms with Crippen LogP contribution in [0.25, 0.3) is 10.8 Å². The number of aromatic nitrogens is 2. The van der Waals surface area contributed by atoms with E-state index in [1.165, 1.54) is 11.5 Å². The van der Waals surface area contributed by atoms with Crippen molar-refractivity contribution in [3.8, 4) is 10.8 Å². The normalized spacial score (nSPS) is 10.5. The average Bonchev–Trinajstić information content (AvgIpc) is 2.58. The molecule has 12 heavy (non-hydrogen) atoms. The Balaban J connectivity index is 2.43. The van der Waals surface area contributed by atoms with Gasteiger partial charge in [0.1, 0.15) is 0 Å². The van der Waals surface area contributed by atoms with E-state index in [0.29, 0.717) is 16.0 Å². The molecule has 0 N–H and O–H groups in total. The quantitative estimate of drug-likeness (QED) is 0.742. The highest BCUT2D eigenvalue weighted by Gasteiger charge is 2.08. The molecule has 0 atom stereocenters. The van der Waals surface area contributed by atoms with E-state index in [1.807, 2.05) is 0 Å². The molecule has 0 bridgehead atoms. The minimum absolute atomic E-state index is 0.225.